The highest BCUT2D eigenvalue weighted by atomic mass is 16.5. The second-order valence-electron chi connectivity index (χ2n) is 6.09. The van der Waals surface area contributed by atoms with Crippen molar-refractivity contribution in [3.05, 3.63) is 59.9 Å². The molecule has 25 heavy (non-hydrogen) atoms. The highest BCUT2D eigenvalue weighted by molar-refractivity contribution is 6.06. The monoisotopic (exact) mass is 329 g/mol. The van der Waals surface area contributed by atoms with Gasteiger partial charge in [-0.05, 0) is 43.2 Å². The van der Waals surface area contributed by atoms with Gasteiger partial charge in [0.15, 0.2) is 5.75 Å². The number of benzene rings is 2. The molecule has 0 unspecified atom stereocenters. The summed E-state index contributed by atoms with van der Waals surface area (Å²) in [5.41, 5.74) is 4.94. The van der Waals surface area contributed by atoms with Gasteiger partial charge in [0.2, 0.25) is 5.75 Å². The third-order valence-electron chi connectivity index (χ3n) is 4.43. The fraction of sp³-hybridized carbons (Fsp3) is 0.143. The zero-order chi connectivity index (χ0) is 17.6. The van der Waals surface area contributed by atoms with Crippen LogP contribution in [0.1, 0.15) is 11.4 Å². The van der Waals surface area contributed by atoms with E-state index in [0.29, 0.717) is 22.3 Å². The van der Waals surface area contributed by atoms with Crippen molar-refractivity contribution in [2.24, 2.45) is 0 Å². The molecule has 0 bridgehead atoms. The van der Waals surface area contributed by atoms with E-state index in [9.17, 15) is 5.11 Å². The molecular formula is C21H17N2O2. The Morgan fingerprint density at radius 2 is 1.64 bits per heavy atom. The van der Waals surface area contributed by atoms with E-state index in [1.54, 1.807) is 6.92 Å². The molecule has 0 amide bonds. The molecule has 0 aliphatic carbocycles. The van der Waals surface area contributed by atoms with Crippen molar-refractivity contribution in [2.75, 3.05) is 7.11 Å². The number of methoxy groups -OCH3 is 1. The van der Waals surface area contributed by atoms with Crippen molar-refractivity contribution >= 4 is 21.8 Å². The molecule has 0 saturated carbocycles. The summed E-state index contributed by atoms with van der Waals surface area (Å²) in [4.78, 5) is 9.15. The van der Waals surface area contributed by atoms with Crippen LogP contribution in [0.5, 0.6) is 11.5 Å². The van der Waals surface area contributed by atoms with E-state index in [2.05, 4.69) is 9.97 Å². The van der Waals surface area contributed by atoms with Crippen LogP contribution in [0.3, 0.4) is 0 Å². The maximum Gasteiger partial charge on any atom is 0.232 e. The minimum Gasteiger partial charge on any atom is -0.491 e. The number of aryl methyl sites for hydroxylation is 2. The first-order chi connectivity index (χ1) is 12.1. The third kappa shape index (κ3) is 2.38. The Balaban J connectivity index is 2.16. The molecule has 0 spiro atoms. The van der Waals surface area contributed by atoms with Crippen LogP contribution < -0.4 is 4.74 Å². The lowest BCUT2D eigenvalue weighted by Crippen LogP contribution is -1.95. The Kier molecular flexibility index (Phi) is 3.53. The number of nitrogens with zero attached hydrogens (tertiary/aromatic N) is 2. The Morgan fingerprint density at radius 1 is 0.880 bits per heavy atom. The van der Waals surface area contributed by atoms with E-state index < -0.39 is 0 Å². The van der Waals surface area contributed by atoms with Crippen LogP contribution in [0.25, 0.3) is 32.9 Å². The number of para-hydroxylation sites is 1. The smallest absolute Gasteiger partial charge is 0.232 e. The van der Waals surface area contributed by atoms with Crippen molar-refractivity contribution in [1.82, 2.24) is 9.97 Å². The first-order valence-electron chi connectivity index (χ1n) is 8.11. The van der Waals surface area contributed by atoms with E-state index in [1.807, 2.05) is 55.5 Å². The molecule has 4 nitrogen and oxygen atoms in total. The largest absolute Gasteiger partial charge is 0.491 e. The standard InChI is InChI=1S/C21H17N2O2/c1-12-11-16(14-7-4-5-9-17(14)22-12)15-8-6-10-18-19(15)20(24)21(25-3)13(2)23-18/h4-11H,1-3H3. The summed E-state index contributed by atoms with van der Waals surface area (Å²) < 4.78 is 5.30. The first kappa shape index (κ1) is 15.4. The quantitative estimate of drug-likeness (QED) is 0.506. The van der Waals surface area contributed by atoms with Crippen molar-refractivity contribution in [1.29, 1.82) is 0 Å². The van der Waals surface area contributed by atoms with Gasteiger partial charge in [0.05, 0.1) is 29.2 Å². The lowest BCUT2D eigenvalue weighted by molar-refractivity contribution is 0.317. The van der Waals surface area contributed by atoms with E-state index in [0.717, 1.165) is 27.7 Å². The highest BCUT2D eigenvalue weighted by Gasteiger charge is 2.19. The molecular weight excluding hydrogens is 312 g/mol. The van der Waals surface area contributed by atoms with E-state index >= 15 is 0 Å². The number of pyridine rings is 2. The summed E-state index contributed by atoms with van der Waals surface area (Å²) in [5.74, 6) is 0.175. The molecule has 2 heterocycles. The van der Waals surface area contributed by atoms with E-state index in [1.165, 1.54) is 7.11 Å². The molecule has 0 N–H and O–H groups in total. The Hall–Kier alpha value is -3.14. The van der Waals surface area contributed by atoms with Crippen molar-refractivity contribution in [3.8, 4) is 22.6 Å². The Labute approximate surface area is 145 Å². The van der Waals surface area contributed by atoms with Gasteiger partial charge >= 0.3 is 0 Å². The van der Waals surface area contributed by atoms with Gasteiger partial charge in [-0.15, -0.1) is 0 Å². The molecule has 4 rings (SSSR count). The summed E-state index contributed by atoms with van der Waals surface area (Å²) in [6.45, 7) is 3.75. The number of aromatic nitrogens is 2. The van der Waals surface area contributed by atoms with Gasteiger partial charge in [0.1, 0.15) is 0 Å². The molecule has 0 fully saturated rings. The number of hydrogen-bond acceptors (Lipinski definition) is 3. The van der Waals surface area contributed by atoms with Gasteiger partial charge in [-0.25, -0.2) is 4.98 Å². The van der Waals surface area contributed by atoms with Crippen LogP contribution in [0.2, 0.25) is 0 Å². The predicted octanol–water partition coefficient (Wildman–Crippen LogP) is 5.22. The molecule has 123 valence electrons. The van der Waals surface area contributed by atoms with Crippen LogP contribution in [0.4, 0.5) is 0 Å². The van der Waals surface area contributed by atoms with Crippen LogP contribution in [-0.4, -0.2) is 17.1 Å². The average molecular weight is 329 g/mol. The Bertz CT molecular complexity index is 1120. The maximum atomic E-state index is 13.0. The Morgan fingerprint density at radius 3 is 2.44 bits per heavy atom. The molecule has 0 aliphatic heterocycles. The second kappa shape index (κ2) is 5.74. The van der Waals surface area contributed by atoms with E-state index in [-0.39, 0.29) is 5.75 Å². The minimum atomic E-state index is -0.126. The number of ether oxygens (including phenoxy) is 1. The van der Waals surface area contributed by atoms with Crippen LogP contribution in [-0.2, 0) is 5.11 Å². The van der Waals surface area contributed by atoms with Crippen molar-refractivity contribution < 1.29 is 9.84 Å². The number of fused-ring (bicyclic) bond motifs is 2. The fourth-order valence-corrected chi connectivity index (χ4v) is 3.38. The van der Waals surface area contributed by atoms with Gasteiger partial charge < -0.3 is 4.74 Å². The summed E-state index contributed by atoms with van der Waals surface area (Å²) in [6.07, 6.45) is 0. The predicted molar refractivity (Wildman–Crippen MR) is 98.6 cm³/mol. The van der Waals surface area contributed by atoms with Gasteiger partial charge in [-0.1, -0.05) is 30.3 Å². The second-order valence-corrected chi connectivity index (χ2v) is 6.09. The van der Waals surface area contributed by atoms with Crippen LogP contribution in [0, 0.1) is 13.8 Å². The number of hydrogen-bond donors (Lipinski definition) is 0. The first-order valence-corrected chi connectivity index (χ1v) is 8.11. The summed E-state index contributed by atoms with van der Waals surface area (Å²) in [7, 11) is 1.51. The molecule has 2 aromatic heterocycles. The summed E-state index contributed by atoms with van der Waals surface area (Å²) in [5, 5.41) is 14.6. The molecule has 4 heteroatoms. The van der Waals surface area contributed by atoms with Gasteiger partial charge in [-0.3, -0.25) is 10.1 Å². The maximum absolute atomic E-state index is 13.0. The molecule has 0 saturated heterocycles. The van der Waals surface area contributed by atoms with Crippen LogP contribution in [0.15, 0.2) is 48.5 Å². The third-order valence-corrected chi connectivity index (χ3v) is 4.43. The van der Waals surface area contributed by atoms with E-state index in [4.69, 9.17) is 4.74 Å². The molecule has 0 aliphatic rings. The molecule has 1 radical (unpaired) electrons. The highest BCUT2D eigenvalue weighted by Crippen LogP contribution is 2.42. The SMILES string of the molecule is COc1c(C)nc2cccc(-c3cc(C)nc4ccccc34)c2c1[O]. The summed E-state index contributed by atoms with van der Waals surface area (Å²) >= 11 is 0. The lowest BCUT2D eigenvalue weighted by atomic mass is 9.95. The number of rotatable bonds is 2. The normalized spacial score (nSPS) is 11.2. The zero-order valence-electron chi connectivity index (χ0n) is 14.3. The fourth-order valence-electron chi connectivity index (χ4n) is 3.38. The molecule has 2 aromatic carbocycles. The zero-order valence-corrected chi connectivity index (χ0v) is 14.3. The molecule has 0 atom stereocenters. The van der Waals surface area contributed by atoms with Crippen molar-refractivity contribution in [3.63, 3.8) is 0 Å². The van der Waals surface area contributed by atoms with Crippen molar-refractivity contribution in [2.45, 2.75) is 13.8 Å². The lowest BCUT2D eigenvalue weighted by Gasteiger charge is -2.13. The van der Waals surface area contributed by atoms with Gasteiger partial charge in [-0.2, -0.15) is 0 Å². The topological polar surface area (TPSA) is 54.9 Å². The van der Waals surface area contributed by atoms with Gasteiger partial charge in [0.25, 0.3) is 0 Å². The average Bonchev–Trinajstić information content (AvgIpc) is 2.60. The van der Waals surface area contributed by atoms with Gasteiger partial charge in [0, 0.05) is 11.1 Å². The minimum absolute atomic E-state index is 0.126. The summed E-state index contributed by atoms with van der Waals surface area (Å²) in [6, 6.07) is 15.7. The molecule has 4 aromatic rings. The van der Waals surface area contributed by atoms with Crippen LogP contribution >= 0.6 is 0 Å².